The summed E-state index contributed by atoms with van der Waals surface area (Å²) in [5.74, 6) is 0.218. The fourth-order valence-corrected chi connectivity index (χ4v) is 2.93. The predicted molar refractivity (Wildman–Crippen MR) is 102 cm³/mol. The standard InChI is InChI=1S/C21H24N4O/c1-15-6-4-8-18(22-15)12-25(13-19-9-5-7-16(2)23-19)14-20-21(26)11-10-17(3)24-20/h4-11,26H,12-14H2,1-3H3. The molecule has 3 rings (SSSR count). The topological polar surface area (TPSA) is 62.1 Å². The zero-order chi connectivity index (χ0) is 18.5. The van der Waals surface area contributed by atoms with Gasteiger partial charge in [0.05, 0.1) is 17.1 Å². The number of aryl methyl sites for hydroxylation is 3. The van der Waals surface area contributed by atoms with Gasteiger partial charge in [-0.1, -0.05) is 12.1 Å². The molecular weight excluding hydrogens is 324 g/mol. The number of hydrogen-bond acceptors (Lipinski definition) is 5. The molecule has 0 spiro atoms. The van der Waals surface area contributed by atoms with Crippen molar-refractivity contribution in [1.82, 2.24) is 19.9 Å². The van der Waals surface area contributed by atoms with Gasteiger partial charge in [-0.2, -0.15) is 0 Å². The summed E-state index contributed by atoms with van der Waals surface area (Å²) in [6.45, 7) is 7.75. The maximum absolute atomic E-state index is 10.2. The van der Waals surface area contributed by atoms with Crippen LogP contribution >= 0.6 is 0 Å². The smallest absolute Gasteiger partial charge is 0.138 e. The van der Waals surface area contributed by atoms with Gasteiger partial charge in [0, 0.05) is 36.7 Å². The van der Waals surface area contributed by atoms with Gasteiger partial charge in [-0.05, 0) is 57.2 Å². The van der Waals surface area contributed by atoms with Crippen LogP contribution in [0.1, 0.15) is 34.2 Å². The highest BCUT2D eigenvalue weighted by molar-refractivity contribution is 5.27. The minimum absolute atomic E-state index is 0.218. The van der Waals surface area contributed by atoms with Crippen molar-refractivity contribution in [3.63, 3.8) is 0 Å². The van der Waals surface area contributed by atoms with Crippen molar-refractivity contribution < 1.29 is 5.11 Å². The Morgan fingerprint density at radius 3 is 1.77 bits per heavy atom. The van der Waals surface area contributed by atoms with E-state index in [9.17, 15) is 5.11 Å². The maximum Gasteiger partial charge on any atom is 0.138 e. The number of nitrogens with zero attached hydrogens (tertiary/aromatic N) is 4. The van der Waals surface area contributed by atoms with Gasteiger partial charge in [-0.3, -0.25) is 19.9 Å². The molecule has 0 aromatic carbocycles. The van der Waals surface area contributed by atoms with Crippen LogP contribution < -0.4 is 0 Å². The van der Waals surface area contributed by atoms with Crippen molar-refractivity contribution >= 4 is 0 Å². The first-order chi connectivity index (χ1) is 12.5. The number of pyridine rings is 3. The van der Waals surface area contributed by atoms with Crippen LogP contribution in [0.2, 0.25) is 0 Å². The first kappa shape index (κ1) is 18.0. The molecule has 0 saturated carbocycles. The van der Waals surface area contributed by atoms with E-state index in [2.05, 4.69) is 19.9 Å². The fraction of sp³-hybridized carbons (Fsp3) is 0.286. The van der Waals surface area contributed by atoms with Crippen LogP contribution in [0.25, 0.3) is 0 Å². The van der Waals surface area contributed by atoms with Crippen molar-refractivity contribution in [2.75, 3.05) is 0 Å². The summed E-state index contributed by atoms with van der Waals surface area (Å²) in [6.07, 6.45) is 0. The van der Waals surface area contributed by atoms with Crippen LogP contribution in [0.5, 0.6) is 5.75 Å². The lowest BCUT2D eigenvalue weighted by atomic mass is 10.2. The number of hydrogen-bond donors (Lipinski definition) is 1. The number of aromatic nitrogens is 3. The summed E-state index contributed by atoms with van der Waals surface area (Å²) in [5.41, 5.74) is 5.53. The molecule has 0 aliphatic heterocycles. The summed E-state index contributed by atoms with van der Waals surface area (Å²) in [6, 6.07) is 15.6. The van der Waals surface area contributed by atoms with Crippen LogP contribution in [0, 0.1) is 20.8 Å². The van der Waals surface area contributed by atoms with Crippen LogP contribution in [-0.2, 0) is 19.6 Å². The molecule has 134 valence electrons. The molecule has 3 heterocycles. The third-order valence-electron chi connectivity index (χ3n) is 4.13. The van der Waals surface area contributed by atoms with E-state index in [1.807, 2.05) is 63.2 Å². The van der Waals surface area contributed by atoms with Gasteiger partial charge in [0.15, 0.2) is 0 Å². The molecule has 26 heavy (non-hydrogen) atoms. The van der Waals surface area contributed by atoms with E-state index >= 15 is 0 Å². The normalized spacial score (nSPS) is 11.1. The Morgan fingerprint density at radius 1 is 0.692 bits per heavy atom. The van der Waals surface area contributed by atoms with Crippen molar-refractivity contribution in [2.24, 2.45) is 0 Å². The highest BCUT2D eigenvalue weighted by atomic mass is 16.3. The zero-order valence-electron chi connectivity index (χ0n) is 15.5. The van der Waals surface area contributed by atoms with E-state index in [0.717, 1.165) is 28.5 Å². The second-order valence-corrected chi connectivity index (χ2v) is 6.60. The summed E-state index contributed by atoms with van der Waals surface area (Å²) >= 11 is 0. The Bertz CT molecular complexity index is 847. The molecule has 0 bridgehead atoms. The Morgan fingerprint density at radius 2 is 1.23 bits per heavy atom. The van der Waals surface area contributed by atoms with Crippen LogP contribution in [0.4, 0.5) is 0 Å². The van der Waals surface area contributed by atoms with Crippen LogP contribution in [0.3, 0.4) is 0 Å². The van der Waals surface area contributed by atoms with Gasteiger partial charge in [0.1, 0.15) is 5.75 Å². The Labute approximate surface area is 154 Å². The predicted octanol–water partition coefficient (Wildman–Crippen LogP) is 3.70. The highest BCUT2D eigenvalue weighted by Crippen LogP contribution is 2.19. The lowest BCUT2D eigenvalue weighted by Gasteiger charge is -2.22. The molecule has 5 nitrogen and oxygen atoms in total. The minimum Gasteiger partial charge on any atom is -0.506 e. The van der Waals surface area contributed by atoms with E-state index in [1.165, 1.54) is 0 Å². The van der Waals surface area contributed by atoms with Crippen LogP contribution in [-0.4, -0.2) is 25.0 Å². The SMILES string of the molecule is Cc1cccc(CN(Cc2cccc(C)n2)Cc2nc(C)ccc2O)n1. The van der Waals surface area contributed by atoms with Gasteiger partial charge in [-0.15, -0.1) is 0 Å². The van der Waals surface area contributed by atoms with Gasteiger partial charge >= 0.3 is 0 Å². The maximum atomic E-state index is 10.2. The Hall–Kier alpha value is -2.79. The molecule has 0 aliphatic carbocycles. The van der Waals surface area contributed by atoms with Gasteiger partial charge in [-0.25, -0.2) is 0 Å². The molecule has 0 unspecified atom stereocenters. The van der Waals surface area contributed by atoms with E-state index in [-0.39, 0.29) is 5.75 Å². The van der Waals surface area contributed by atoms with E-state index < -0.39 is 0 Å². The molecule has 0 atom stereocenters. The lowest BCUT2D eigenvalue weighted by Crippen LogP contribution is -2.24. The summed E-state index contributed by atoms with van der Waals surface area (Å²) in [4.78, 5) is 15.9. The van der Waals surface area contributed by atoms with Crippen molar-refractivity contribution in [3.8, 4) is 5.75 Å². The molecule has 1 N–H and O–H groups in total. The zero-order valence-corrected chi connectivity index (χ0v) is 15.5. The number of rotatable bonds is 6. The summed E-state index contributed by atoms with van der Waals surface area (Å²) in [7, 11) is 0. The van der Waals surface area contributed by atoms with Gasteiger partial charge in [0.25, 0.3) is 0 Å². The van der Waals surface area contributed by atoms with Crippen molar-refractivity contribution in [1.29, 1.82) is 0 Å². The molecule has 0 radical (unpaired) electrons. The van der Waals surface area contributed by atoms with Crippen molar-refractivity contribution in [2.45, 2.75) is 40.4 Å². The highest BCUT2D eigenvalue weighted by Gasteiger charge is 2.14. The molecule has 0 amide bonds. The minimum atomic E-state index is 0.218. The van der Waals surface area contributed by atoms with Crippen molar-refractivity contribution in [3.05, 3.63) is 82.7 Å². The van der Waals surface area contributed by atoms with E-state index in [4.69, 9.17) is 0 Å². The fourth-order valence-electron chi connectivity index (χ4n) is 2.93. The first-order valence-corrected chi connectivity index (χ1v) is 8.72. The summed E-state index contributed by atoms with van der Waals surface area (Å²) in [5, 5.41) is 10.2. The second-order valence-electron chi connectivity index (χ2n) is 6.60. The average molecular weight is 348 g/mol. The quantitative estimate of drug-likeness (QED) is 0.736. The molecule has 0 aliphatic rings. The van der Waals surface area contributed by atoms with Gasteiger partial charge < -0.3 is 5.11 Å². The Kier molecular flexibility index (Phi) is 5.58. The van der Waals surface area contributed by atoms with E-state index in [0.29, 0.717) is 25.3 Å². The molecular formula is C21H24N4O. The van der Waals surface area contributed by atoms with Gasteiger partial charge in [0.2, 0.25) is 0 Å². The average Bonchev–Trinajstić information content (AvgIpc) is 2.58. The Balaban J connectivity index is 1.86. The molecule has 5 heteroatoms. The molecule has 0 saturated heterocycles. The molecule has 3 aromatic heterocycles. The number of aromatic hydroxyl groups is 1. The first-order valence-electron chi connectivity index (χ1n) is 8.72. The summed E-state index contributed by atoms with van der Waals surface area (Å²) < 4.78 is 0. The largest absolute Gasteiger partial charge is 0.506 e. The van der Waals surface area contributed by atoms with Crippen LogP contribution in [0.15, 0.2) is 48.5 Å². The third-order valence-corrected chi connectivity index (χ3v) is 4.13. The lowest BCUT2D eigenvalue weighted by molar-refractivity contribution is 0.235. The second kappa shape index (κ2) is 8.06. The monoisotopic (exact) mass is 348 g/mol. The third kappa shape index (κ3) is 4.86. The van der Waals surface area contributed by atoms with E-state index in [1.54, 1.807) is 6.07 Å². The molecule has 0 fully saturated rings. The molecule has 3 aromatic rings.